The molecule has 0 aliphatic rings. The van der Waals surface area contributed by atoms with Crippen molar-refractivity contribution in [3.05, 3.63) is 64.7 Å². The highest BCUT2D eigenvalue weighted by molar-refractivity contribution is 7.92. The van der Waals surface area contributed by atoms with Gasteiger partial charge in [0.15, 0.2) is 21.7 Å². The summed E-state index contributed by atoms with van der Waals surface area (Å²) in [7, 11) is -4.12. The summed E-state index contributed by atoms with van der Waals surface area (Å²) in [6.45, 7) is 0.474. The van der Waals surface area contributed by atoms with Crippen LogP contribution in [0.2, 0.25) is 0 Å². The molecule has 0 bridgehead atoms. The Kier molecular flexibility index (Phi) is 6.24. The van der Waals surface area contributed by atoms with Crippen molar-refractivity contribution in [2.45, 2.75) is 17.1 Å². The highest BCUT2D eigenvalue weighted by Crippen LogP contribution is 2.20. The maximum atomic E-state index is 12.4. The Morgan fingerprint density at radius 1 is 1.11 bits per heavy atom. The summed E-state index contributed by atoms with van der Waals surface area (Å²) in [5.41, 5.74) is 0.229. The lowest BCUT2D eigenvalue weighted by atomic mass is 10.3. The molecular formula is C17H16N2O7S. The first-order chi connectivity index (χ1) is 12.7. The lowest BCUT2D eigenvalue weighted by Gasteiger charge is -2.12. The van der Waals surface area contributed by atoms with Gasteiger partial charge in [0.05, 0.1) is 9.82 Å². The minimum absolute atomic E-state index is 0.258. The second-order valence-electron chi connectivity index (χ2n) is 5.46. The van der Waals surface area contributed by atoms with Gasteiger partial charge in [-0.3, -0.25) is 19.7 Å². The first-order valence-corrected chi connectivity index (χ1v) is 9.26. The molecule has 0 heterocycles. The van der Waals surface area contributed by atoms with Gasteiger partial charge in [0, 0.05) is 17.8 Å². The fraction of sp³-hybridized carbons (Fsp3) is 0.176. The number of non-ortho nitro benzene ring substituents is 1. The Morgan fingerprint density at radius 3 is 2.26 bits per heavy atom. The van der Waals surface area contributed by atoms with Crippen LogP contribution in [0, 0.1) is 10.1 Å². The van der Waals surface area contributed by atoms with Gasteiger partial charge < -0.3 is 10.1 Å². The summed E-state index contributed by atoms with van der Waals surface area (Å²) < 4.78 is 29.6. The molecule has 0 aromatic heterocycles. The molecule has 0 unspecified atom stereocenters. The van der Waals surface area contributed by atoms with Crippen LogP contribution in [0.25, 0.3) is 0 Å². The van der Waals surface area contributed by atoms with E-state index in [9.17, 15) is 28.1 Å². The number of nitrogens with zero attached hydrogens (tertiary/aromatic N) is 1. The van der Waals surface area contributed by atoms with Crippen LogP contribution in [0.15, 0.2) is 59.5 Å². The van der Waals surface area contributed by atoms with Crippen LogP contribution < -0.4 is 5.32 Å². The van der Waals surface area contributed by atoms with Gasteiger partial charge in [-0.2, -0.15) is 0 Å². The monoisotopic (exact) mass is 392 g/mol. The van der Waals surface area contributed by atoms with Crippen molar-refractivity contribution in [2.75, 3.05) is 11.9 Å². The highest BCUT2D eigenvalue weighted by atomic mass is 32.2. The van der Waals surface area contributed by atoms with Gasteiger partial charge in [0.25, 0.3) is 11.6 Å². The van der Waals surface area contributed by atoms with Crippen molar-refractivity contribution >= 4 is 33.1 Å². The molecule has 142 valence electrons. The normalized spacial score (nSPS) is 12.0. The van der Waals surface area contributed by atoms with E-state index in [4.69, 9.17) is 4.74 Å². The number of hydrogen-bond acceptors (Lipinski definition) is 7. The van der Waals surface area contributed by atoms with Gasteiger partial charge in [-0.1, -0.05) is 18.2 Å². The quantitative estimate of drug-likeness (QED) is 0.432. The summed E-state index contributed by atoms with van der Waals surface area (Å²) in [6, 6.07) is 12.6. The third-order valence-corrected chi connectivity index (χ3v) is 5.63. The third-order valence-electron chi connectivity index (χ3n) is 3.58. The summed E-state index contributed by atoms with van der Waals surface area (Å²) in [4.78, 5) is 33.5. The Labute approximate surface area is 155 Å². The van der Waals surface area contributed by atoms with E-state index in [0.717, 1.165) is 31.2 Å². The van der Waals surface area contributed by atoms with E-state index < -0.39 is 38.5 Å². The SMILES string of the molecule is C[C@@H](C(=O)OCC(=O)Nc1ccccc1)S(=O)(=O)c1ccc([N+](=O)[O-])cc1. The summed E-state index contributed by atoms with van der Waals surface area (Å²) >= 11 is 0. The van der Waals surface area contributed by atoms with E-state index in [-0.39, 0.29) is 10.6 Å². The first-order valence-electron chi connectivity index (χ1n) is 7.71. The average Bonchev–Trinajstić information content (AvgIpc) is 2.66. The second-order valence-corrected chi connectivity index (χ2v) is 7.73. The van der Waals surface area contributed by atoms with E-state index >= 15 is 0 Å². The molecule has 0 aliphatic heterocycles. The van der Waals surface area contributed by atoms with Crippen LogP contribution in [0.5, 0.6) is 0 Å². The van der Waals surface area contributed by atoms with Gasteiger partial charge in [-0.25, -0.2) is 8.42 Å². The summed E-state index contributed by atoms with van der Waals surface area (Å²) in [5, 5.41) is 11.5. The molecule has 0 fully saturated rings. The first kappa shape index (κ1) is 20.0. The zero-order valence-corrected chi connectivity index (χ0v) is 15.0. The van der Waals surface area contributed by atoms with E-state index in [2.05, 4.69) is 5.32 Å². The minimum Gasteiger partial charge on any atom is -0.455 e. The van der Waals surface area contributed by atoms with Crippen molar-refractivity contribution < 1.29 is 27.7 Å². The van der Waals surface area contributed by atoms with Gasteiger partial charge in [-0.15, -0.1) is 0 Å². The number of amides is 1. The molecule has 1 N–H and O–H groups in total. The van der Waals surface area contributed by atoms with Crippen molar-refractivity contribution in [3.8, 4) is 0 Å². The number of nitro benzene ring substituents is 1. The Balaban J connectivity index is 1.98. The minimum atomic E-state index is -4.12. The molecule has 0 radical (unpaired) electrons. The van der Waals surface area contributed by atoms with Gasteiger partial charge in [0.1, 0.15) is 0 Å². The van der Waals surface area contributed by atoms with Crippen LogP contribution in [-0.2, 0) is 24.2 Å². The number of hydrogen-bond donors (Lipinski definition) is 1. The van der Waals surface area contributed by atoms with Crippen LogP contribution in [0.1, 0.15) is 6.92 Å². The molecule has 9 nitrogen and oxygen atoms in total. The number of rotatable bonds is 7. The predicted octanol–water partition coefficient (Wildman–Crippen LogP) is 1.94. The number of ether oxygens (including phenoxy) is 1. The number of esters is 1. The van der Waals surface area contributed by atoms with E-state index in [0.29, 0.717) is 5.69 Å². The zero-order valence-electron chi connectivity index (χ0n) is 14.2. The number of anilines is 1. The summed E-state index contributed by atoms with van der Waals surface area (Å²) in [6.07, 6.45) is 0. The highest BCUT2D eigenvalue weighted by Gasteiger charge is 2.31. The molecule has 0 aliphatic carbocycles. The van der Waals surface area contributed by atoms with Crippen molar-refractivity contribution in [2.24, 2.45) is 0 Å². The molecule has 1 amide bonds. The average molecular weight is 392 g/mol. The topological polar surface area (TPSA) is 133 Å². The molecule has 1 atom stereocenters. The maximum absolute atomic E-state index is 12.4. The van der Waals surface area contributed by atoms with Crippen LogP contribution in [0.3, 0.4) is 0 Å². The molecule has 0 spiro atoms. The molecule has 0 saturated heterocycles. The van der Waals surface area contributed by atoms with Crippen molar-refractivity contribution in [1.29, 1.82) is 0 Å². The van der Waals surface area contributed by atoms with Crippen molar-refractivity contribution in [1.82, 2.24) is 0 Å². The summed E-state index contributed by atoms with van der Waals surface area (Å²) in [5.74, 6) is -1.72. The largest absolute Gasteiger partial charge is 0.455 e. The third kappa shape index (κ3) is 5.11. The fourth-order valence-corrected chi connectivity index (χ4v) is 3.31. The number of carbonyl (C=O) groups excluding carboxylic acids is 2. The van der Waals surface area contributed by atoms with Gasteiger partial charge in [0.2, 0.25) is 0 Å². The Bertz CT molecular complexity index is 941. The van der Waals surface area contributed by atoms with Crippen LogP contribution >= 0.6 is 0 Å². The standard InChI is InChI=1S/C17H16N2O7S/c1-12(27(24,25)15-9-7-14(8-10-15)19(22)23)17(21)26-11-16(20)18-13-5-3-2-4-6-13/h2-10,12H,11H2,1H3,(H,18,20)/t12-/m0/s1. The lowest BCUT2D eigenvalue weighted by molar-refractivity contribution is -0.384. The number of nitrogens with one attached hydrogen (secondary N) is 1. The van der Waals surface area contributed by atoms with Crippen LogP contribution in [-0.4, -0.2) is 37.1 Å². The molecule has 0 saturated carbocycles. The van der Waals surface area contributed by atoms with E-state index in [1.165, 1.54) is 0 Å². The Morgan fingerprint density at radius 2 is 1.70 bits per heavy atom. The van der Waals surface area contributed by atoms with Gasteiger partial charge in [-0.05, 0) is 31.2 Å². The number of sulfone groups is 1. The van der Waals surface area contributed by atoms with Crippen LogP contribution in [0.4, 0.5) is 11.4 Å². The molecule has 27 heavy (non-hydrogen) atoms. The number of benzene rings is 2. The Hall–Kier alpha value is -3.27. The molecule has 2 aromatic carbocycles. The van der Waals surface area contributed by atoms with Gasteiger partial charge >= 0.3 is 5.97 Å². The van der Waals surface area contributed by atoms with Crippen molar-refractivity contribution in [3.63, 3.8) is 0 Å². The second kappa shape index (κ2) is 8.41. The van der Waals surface area contributed by atoms with E-state index in [1.807, 2.05) is 0 Å². The maximum Gasteiger partial charge on any atom is 0.324 e. The molecule has 10 heteroatoms. The fourth-order valence-electron chi connectivity index (χ4n) is 2.06. The number of carbonyl (C=O) groups is 2. The van der Waals surface area contributed by atoms with E-state index in [1.54, 1.807) is 30.3 Å². The lowest BCUT2D eigenvalue weighted by Crippen LogP contribution is -2.31. The zero-order chi connectivity index (χ0) is 20.0. The smallest absolute Gasteiger partial charge is 0.324 e. The number of nitro groups is 1. The molecule has 2 rings (SSSR count). The number of para-hydroxylation sites is 1. The predicted molar refractivity (Wildman–Crippen MR) is 95.8 cm³/mol. The molecule has 2 aromatic rings. The molecular weight excluding hydrogens is 376 g/mol.